The first-order valence-corrected chi connectivity index (χ1v) is 5.10. The van der Waals surface area contributed by atoms with Crippen molar-refractivity contribution in [2.75, 3.05) is 0 Å². The molecule has 0 heterocycles. The molecule has 0 aromatic rings. The van der Waals surface area contributed by atoms with Crippen molar-refractivity contribution in [3.63, 3.8) is 0 Å². The SMILES string of the molecule is N=CCCCCCCCCC=C=O. The smallest absolute Gasteiger partial charge is 0.120 e. The van der Waals surface area contributed by atoms with Gasteiger partial charge in [-0.15, -0.1) is 0 Å². The summed E-state index contributed by atoms with van der Waals surface area (Å²) in [6, 6.07) is 0. The van der Waals surface area contributed by atoms with Gasteiger partial charge in [-0.3, -0.25) is 0 Å². The summed E-state index contributed by atoms with van der Waals surface area (Å²) in [5.74, 6) is 1.79. The van der Waals surface area contributed by atoms with Crippen molar-refractivity contribution in [2.24, 2.45) is 0 Å². The molecule has 0 bridgehead atoms. The Hall–Kier alpha value is -0.880. The molecule has 0 aliphatic carbocycles. The summed E-state index contributed by atoms with van der Waals surface area (Å²) < 4.78 is 0. The molecule has 0 aromatic heterocycles. The lowest BCUT2D eigenvalue weighted by atomic mass is 10.1. The molecule has 0 spiro atoms. The third-order valence-electron chi connectivity index (χ3n) is 2.03. The van der Waals surface area contributed by atoms with Crippen LogP contribution in [0.4, 0.5) is 0 Å². The number of nitrogens with one attached hydrogen (secondary N) is 1. The molecule has 13 heavy (non-hydrogen) atoms. The van der Waals surface area contributed by atoms with Gasteiger partial charge in [-0.1, -0.05) is 25.7 Å². The van der Waals surface area contributed by atoms with Crippen molar-refractivity contribution in [1.29, 1.82) is 5.41 Å². The molecule has 0 rings (SSSR count). The third-order valence-corrected chi connectivity index (χ3v) is 2.03. The van der Waals surface area contributed by atoms with Crippen molar-refractivity contribution in [3.05, 3.63) is 6.08 Å². The van der Waals surface area contributed by atoms with Gasteiger partial charge in [0.25, 0.3) is 0 Å². The summed E-state index contributed by atoms with van der Waals surface area (Å²) >= 11 is 0. The van der Waals surface area contributed by atoms with Gasteiger partial charge < -0.3 is 5.41 Å². The zero-order chi connectivity index (χ0) is 9.78. The van der Waals surface area contributed by atoms with Gasteiger partial charge >= 0.3 is 0 Å². The van der Waals surface area contributed by atoms with Crippen molar-refractivity contribution < 1.29 is 4.79 Å². The lowest BCUT2D eigenvalue weighted by Gasteiger charge is -1.97. The van der Waals surface area contributed by atoms with Crippen LogP contribution in [0, 0.1) is 5.41 Å². The average Bonchev–Trinajstić information content (AvgIpc) is 2.16. The maximum atomic E-state index is 9.81. The molecule has 0 unspecified atom stereocenters. The quantitative estimate of drug-likeness (QED) is 0.331. The van der Waals surface area contributed by atoms with Crippen LogP contribution in [0.25, 0.3) is 0 Å². The molecule has 0 radical (unpaired) electrons. The molecule has 0 saturated carbocycles. The molecule has 0 fully saturated rings. The molecule has 0 aliphatic rings. The van der Waals surface area contributed by atoms with Crippen molar-refractivity contribution >= 4 is 12.2 Å². The minimum absolute atomic E-state index is 0.879. The van der Waals surface area contributed by atoms with E-state index in [4.69, 9.17) is 5.41 Å². The van der Waals surface area contributed by atoms with E-state index in [0.717, 1.165) is 25.7 Å². The van der Waals surface area contributed by atoms with Crippen LogP contribution in [0.5, 0.6) is 0 Å². The summed E-state index contributed by atoms with van der Waals surface area (Å²) in [6.45, 7) is 0. The maximum Gasteiger partial charge on any atom is 0.120 e. The number of allylic oxidation sites excluding steroid dienone is 1. The highest BCUT2D eigenvalue weighted by Gasteiger charge is 1.89. The number of carbonyl (C=O) groups excluding carboxylic acids is 1. The standard InChI is InChI=1S/C11H19NO/c12-10-8-6-4-2-1-3-5-7-9-11-13/h9-10,12H,1-8H2. The van der Waals surface area contributed by atoms with Gasteiger partial charge in [0.2, 0.25) is 0 Å². The molecular formula is C11H19NO. The normalized spacial score (nSPS) is 9.23. The van der Waals surface area contributed by atoms with Crippen molar-refractivity contribution in [3.8, 4) is 0 Å². The Balaban J connectivity index is 2.90. The molecule has 1 N–H and O–H groups in total. The van der Waals surface area contributed by atoms with E-state index in [0.29, 0.717) is 0 Å². The molecule has 74 valence electrons. The number of rotatable bonds is 9. The zero-order valence-corrected chi connectivity index (χ0v) is 8.22. The number of hydrogen-bond donors (Lipinski definition) is 1. The largest absolute Gasteiger partial charge is 0.313 e. The van der Waals surface area contributed by atoms with Crippen LogP contribution in [-0.2, 0) is 4.79 Å². The first-order chi connectivity index (χ1) is 6.41. The summed E-state index contributed by atoms with van der Waals surface area (Å²) in [4.78, 5) is 9.81. The van der Waals surface area contributed by atoms with Gasteiger partial charge in [0.15, 0.2) is 0 Å². The highest BCUT2D eigenvalue weighted by molar-refractivity contribution is 5.52. The second kappa shape index (κ2) is 11.1. The van der Waals surface area contributed by atoms with E-state index in [1.54, 1.807) is 12.0 Å². The fourth-order valence-corrected chi connectivity index (χ4v) is 1.26. The summed E-state index contributed by atoms with van der Waals surface area (Å²) in [5.41, 5.74) is 0. The highest BCUT2D eigenvalue weighted by Crippen LogP contribution is 2.07. The highest BCUT2D eigenvalue weighted by atomic mass is 16.1. The van der Waals surface area contributed by atoms with Crippen molar-refractivity contribution in [1.82, 2.24) is 0 Å². The van der Waals surface area contributed by atoms with Crippen LogP contribution in [-0.4, -0.2) is 12.2 Å². The van der Waals surface area contributed by atoms with Gasteiger partial charge in [-0.05, 0) is 38.0 Å². The van der Waals surface area contributed by atoms with Gasteiger partial charge in [0.05, 0.1) is 0 Å². The summed E-state index contributed by atoms with van der Waals surface area (Å²) in [7, 11) is 0. The molecule has 2 nitrogen and oxygen atoms in total. The van der Waals surface area contributed by atoms with Crippen molar-refractivity contribution in [2.45, 2.75) is 51.4 Å². The van der Waals surface area contributed by atoms with E-state index in [-0.39, 0.29) is 0 Å². The topological polar surface area (TPSA) is 40.9 Å². The first-order valence-electron chi connectivity index (χ1n) is 5.10. The molecule has 0 aromatic carbocycles. The molecular weight excluding hydrogens is 162 g/mol. The Bertz CT molecular complexity index is 159. The molecule has 0 atom stereocenters. The predicted molar refractivity (Wildman–Crippen MR) is 56.0 cm³/mol. The van der Waals surface area contributed by atoms with Crippen LogP contribution < -0.4 is 0 Å². The van der Waals surface area contributed by atoms with Crippen LogP contribution in [0.1, 0.15) is 51.4 Å². The van der Waals surface area contributed by atoms with Crippen LogP contribution >= 0.6 is 0 Å². The van der Waals surface area contributed by atoms with Crippen LogP contribution in [0.2, 0.25) is 0 Å². The first kappa shape index (κ1) is 12.1. The Morgan fingerprint density at radius 2 is 1.46 bits per heavy atom. The Kier molecular flexibility index (Phi) is 10.4. The molecule has 0 amide bonds. The van der Waals surface area contributed by atoms with Crippen LogP contribution in [0.15, 0.2) is 6.08 Å². The van der Waals surface area contributed by atoms with E-state index in [9.17, 15) is 4.79 Å². The summed E-state index contributed by atoms with van der Waals surface area (Å²) in [6.07, 6.45) is 12.1. The lowest BCUT2D eigenvalue weighted by molar-refractivity contribution is 0.566. The fraction of sp³-hybridized carbons (Fsp3) is 0.727. The van der Waals surface area contributed by atoms with Gasteiger partial charge in [-0.2, -0.15) is 0 Å². The monoisotopic (exact) mass is 181 g/mol. The summed E-state index contributed by atoms with van der Waals surface area (Å²) in [5, 5.41) is 6.83. The average molecular weight is 181 g/mol. The minimum Gasteiger partial charge on any atom is -0.313 e. The van der Waals surface area contributed by atoms with E-state index in [1.165, 1.54) is 31.9 Å². The molecule has 0 saturated heterocycles. The lowest BCUT2D eigenvalue weighted by Crippen LogP contribution is -1.80. The Morgan fingerprint density at radius 3 is 2.00 bits per heavy atom. The van der Waals surface area contributed by atoms with E-state index in [2.05, 4.69) is 0 Å². The van der Waals surface area contributed by atoms with E-state index < -0.39 is 0 Å². The predicted octanol–water partition coefficient (Wildman–Crippen LogP) is 3.14. The second-order valence-electron chi connectivity index (χ2n) is 3.22. The molecule has 0 aliphatic heterocycles. The zero-order valence-electron chi connectivity index (χ0n) is 8.22. The van der Waals surface area contributed by atoms with E-state index >= 15 is 0 Å². The van der Waals surface area contributed by atoms with Gasteiger partial charge in [-0.25, -0.2) is 4.79 Å². The Morgan fingerprint density at radius 1 is 0.923 bits per heavy atom. The van der Waals surface area contributed by atoms with Gasteiger partial charge in [0, 0.05) is 0 Å². The minimum atomic E-state index is 0.879. The maximum absolute atomic E-state index is 9.81. The number of unbranched alkanes of at least 4 members (excludes halogenated alkanes) is 7. The van der Waals surface area contributed by atoms with Gasteiger partial charge in [0.1, 0.15) is 5.94 Å². The fourth-order valence-electron chi connectivity index (χ4n) is 1.26. The van der Waals surface area contributed by atoms with Crippen LogP contribution in [0.3, 0.4) is 0 Å². The second-order valence-corrected chi connectivity index (χ2v) is 3.22. The molecule has 2 heteroatoms. The third kappa shape index (κ3) is 11.1. The Labute approximate surface area is 80.5 Å². The number of hydrogen-bond acceptors (Lipinski definition) is 2. The van der Waals surface area contributed by atoms with E-state index in [1.807, 2.05) is 0 Å².